The molecule has 2 N–H and O–H groups in total. The summed E-state index contributed by atoms with van der Waals surface area (Å²) in [5.41, 5.74) is 0.374. The van der Waals surface area contributed by atoms with Gasteiger partial charge >= 0.3 is 0 Å². The molecule has 0 aliphatic rings. The number of aliphatic hydroxyl groups is 1. The Morgan fingerprint density at radius 2 is 2.18 bits per heavy atom. The van der Waals surface area contributed by atoms with E-state index in [0.29, 0.717) is 17.9 Å². The Kier molecular flexibility index (Phi) is 4.67. The summed E-state index contributed by atoms with van der Waals surface area (Å²) in [7, 11) is -3.45. The maximum atomic E-state index is 11.7. The average molecular weight is 262 g/mol. The first-order chi connectivity index (χ1) is 7.78. The minimum Gasteiger partial charge on any atom is -0.393 e. The molecule has 0 aromatic carbocycles. The van der Waals surface area contributed by atoms with Crippen LogP contribution >= 0.6 is 0 Å². The van der Waals surface area contributed by atoms with Crippen LogP contribution in [-0.4, -0.2) is 30.8 Å². The maximum Gasteiger partial charge on any atom is 0.217 e. The van der Waals surface area contributed by atoms with Crippen LogP contribution in [0.1, 0.15) is 31.7 Å². The second-order valence-electron chi connectivity index (χ2n) is 4.29. The van der Waals surface area contributed by atoms with Crippen LogP contribution in [0.25, 0.3) is 0 Å². The molecular weight excluding hydrogens is 244 g/mol. The van der Waals surface area contributed by atoms with Gasteiger partial charge in [-0.3, -0.25) is 0 Å². The predicted octanol–water partition coefficient (Wildman–Crippen LogP) is 0.562. The number of aliphatic hydroxyl groups excluding tert-OH is 1. The molecule has 0 saturated heterocycles. The number of hydrogen-bond donors (Lipinski definition) is 2. The lowest BCUT2D eigenvalue weighted by molar-refractivity contribution is 0.175. The molecule has 1 aromatic heterocycles. The van der Waals surface area contributed by atoms with Crippen LogP contribution in [0.4, 0.5) is 0 Å². The van der Waals surface area contributed by atoms with Crippen LogP contribution in [0.15, 0.2) is 10.6 Å². The summed E-state index contributed by atoms with van der Waals surface area (Å²) < 4.78 is 30.7. The fourth-order valence-corrected chi connectivity index (χ4v) is 2.91. The first-order valence-corrected chi connectivity index (χ1v) is 7.04. The molecule has 0 bridgehead atoms. The summed E-state index contributed by atoms with van der Waals surface area (Å²) in [6.45, 7) is 5.02. The second-order valence-corrected chi connectivity index (χ2v) is 6.05. The van der Waals surface area contributed by atoms with Crippen molar-refractivity contribution in [2.24, 2.45) is 0 Å². The summed E-state index contributed by atoms with van der Waals surface area (Å²) in [4.78, 5) is 0. The molecule has 2 unspecified atom stereocenters. The molecule has 6 nitrogen and oxygen atoms in total. The van der Waals surface area contributed by atoms with E-state index in [1.807, 2.05) is 0 Å². The third-order valence-electron chi connectivity index (χ3n) is 2.09. The first kappa shape index (κ1) is 14.1. The molecule has 0 aliphatic heterocycles. The van der Waals surface area contributed by atoms with E-state index < -0.39 is 16.1 Å². The van der Waals surface area contributed by atoms with Crippen molar-refractivity contribution >= 4 is 10.0 Å². The molecule has 0 radical (unpaired) electrons. The molecule has 0 amide bonds. The highest BCUT2D eigenvalue weighted by molar-refractivity contribution is 7.88. The Hall–Kier alpha value is -0.920. The smallest absolute Gasteiger partial charge is 0.217 e. The Balaban J connectivity index is 2.57. The molecule has 98 valence electrons. The van der Waals surface area contributed by atoms with Gasteiger partial charge in [-0.05, 0) is 27.2 Å². The fourth-order valence-electron chi connectivity index (χ4n) is 1.59. The van der Waals surface area contributed by atoms with Crippen molar-refractivity contribution in [3.8, 4) is 0 Å². The molecule has 1 aromatic rings. The van der Waals surface area contributed by atoms with Crippen molar-refractivity contribution in [3.63, 3.8) is 0 Å². The van der Waals surface area contributed by atoms with Gasteiger partial charge in [-0.2, -0.15) is 0 Å². The van der Waals surface area contributed by atoms with E-state index >= 15 is 0 Å². The third kappa shape index (κ3) is 5.29. The molecule has 0 spiro atoms. The predicted molar refractivity (Wildman–Crippen MR) is 62.8 cm³/mol. The van der Waals surface area contributed by atoms with Gasteiger partial charge in [-0.1, -0.05) is 5.16 Å². The van der Waals surface area contributed by atoms with Gasteiger partial charge in [0.25, 0.3) is 0 Å². The number of aromatic nitrogens is 1. The number of rotatable bonds is 6. The lowest BCUT2D eigenvalue weighted by Crippen LogP contribution is -2.35. The fraction of sp³-hybridized carbons (Fsp3) is 0.700. The van der Waals surface area contributed by atoms with E-state index in [1.165, 1.54) is 0 Å². The number of hydrogen-bond acceptors (Lipinski definition) is 5. The monoisotopic (exact) mass is 262 g/mol. The molecule has 7 heteroatoms. The van der Waals surface area contributed by atoms with Crippen LogP contribution in [0.5, 0.6) is 0 Å². The van der Waals surface area contributed by atoms with Gasteiger partial charge in [-0.15, -0.1) is 0 Å². The van der Waals surface area contributed by atoms with Crippen LogP contribution in [0, 0.1) is 6.92 Å². The van der Waals surface area contributed by atoms with Crippen LogP contribution in [0.3, 0.4) is 0 Å². The Labute approximate surface area is 101 Å². The SMILES string of the molecule is Cc1cc(CS(=O)(=O)NC(C)CC(C)O)no1. The molecule has 0 aliphatic carbocycles. The average Bonchev–Trinajstić information content (AvgIpc) is 2.46. The number of nitrogens with zero attached hydrogens (tertiary/aromatic N) is 1. The van der Waals surface area contributed by atoms with Crippen LogP contribution in [-0.2, 0) is 15.8 Å². The molecule has 0 fully saturated rings. The van der Waals surface area contributed by atoms with Gasteiger partial charge in [-0.25, -0.2) is 13.1 Å². The second kappa shape index (κ2) is 5.61. The zero-order valence-corrected chi connectivity index (χ0v) is 11.0. The topological polar surface area (TPSA) is 92.4 Å². The minimum absolute atomic E-state index is 0.214. The van der Waals surface area contributed by atoms with E-state index in [-0.39, 0.29) is 11.8 Å². The van der Waals surface area contributed by atoms with Gasteiger partial charge in [0.1, 0.15) is 17.2 Å². The Morgan fingerprint density at radius 3 is 2.65 bits per heavy atom. The summed E-state index contributed by atoms with van der Waals surface area (Å²) in [5, 5.41) is 12.8. The van der Waals surface area contributed by atoms with Gasteiger partial charge < -0.3 is 9.63 Å². The summed E-state index contributed by atoms with van der Waals surface area (Å²) in [6, 6.07) is 1.27. The van der Waals surface area contributed by atoms with Crippen molar-refractivity contribution < 1.29 is 18.0 Å². The number of nitrogens with one attached hydrogen (secondary N) is 1. The highest BCUT2D eigenvalue weighted by atomic mass is 32.2. The van der Waals surface area contributed by atoms with Crippen molar-refractivity contribution in [1.82, 2.24) is 9.88 Å². The molecule has 17 heavy (non-hydrogen) atoms. The molecule has 1 rings (SSSR count). The minimum atomic E-state index is -3.45. The van der Waals surface area contributed by atoms with Crippen LogP contribution in [0.2, 0.25) is 0 Å². The standard InChI is InChI=1S/C10H18N2O4S/c1-7(4-8(2)13)12-17(14,15)6-10-5-9(3)16-11-10/h5,7-8,12-13H,4,6H2,1-3H3. The van der Waals surface area contributed by atoms with E-state index in [4.69, 9.17) is 9.63 Å². The van der Waals surface area contributed by atoms with Gasteiger partial charge in [0.2, 0.25) is 10.0 Å². The van der Waals surface area contributed by atoms with E-state index in [9.17, 15) is 8.42 Å². The first-order valence-electron chi connectivity index (χ1n) is 5.39. The lowest BCUT2D eigenvalue weighted by atomic mass is 10.2. The molecule has 1 heterocycles. The van der Waals surface area contributed by atoms with Crippen LogP contribution < -0.4 is 4.72 Å². The van der Waals surface area contributed by atoms with Crippen molar-refractivity contribution in [2.75, 3.05) is 0 Å². The van der Waals surface area contributed by atoms with Gasteiger partial charge in [0.15, 0.2) is 0 Å². The van der Waals surface area contributed by atoms with E-state index in [1.54, 1.807) is 26.8 Å². The van der Waals surface area contributed by atoms with E-state index in [2.05, 4.69) is 9.88 Å². The Bertz CT molecular complexity index is 453. The third-order valence-corrected chi connectivity index (χ3v) is 3.53. The highest BCUT2D eigenvalue weighted by Crippen LogP contribution is 2.07. The molecule has 0 saturated carbocycles. The largest absolute Gasteiger partial charge is 0.393 e. The van der Waals surface area contributed by atoms with Gasteiger partial charge in [0.05, 0.1) is 6.10 Å². The van der Waals surface area contributed by atoms with Crippen molar-refractivity contribution in [1.29, 1.82) is 0 Å². The normalized spacial score (nSPS) is 15.8. The summed E-state index contributed by atoms with van der Waals surface area (Å²) in [6.07, 6.45) is -0.168. The quantitative estimate of drug-likeness (QED) is 0.781. The molecule has 2 atom stereocenters. The maximum absolute atomic E-state index is 11.7. The van der Waals surface area contributed by atoms with Crippen molar-refractivity contribution in [2.45, 2.75) is 45.1 Å². The van der Waals surface area contributed by atoms with Crippen molar-refractivity contribution in [3.05, 3.63) is 17.5 Å². The Morgan fingerprint density at radius 1 is 1.53 bits per heavy atom. The number of sulfonamides is 1. The summed E-state index contributed by atoms with van der Waals surface area (Å²) >= 11 is 0. The summed E-state index contributed by atoms with van der Waals surface area (Å²) in [5.74, 6) is 0.362. The lowest BCUT2D eigenvalue weighted by Gasteiger charge is -2.14. The van der Waals surface area contributed by atoms with E-state index in [0.717, 1.165) is 0 Å². The highest BCUT2D eigenvalue weighted by Gasteiger charge is 2.18. The zero-order chi connectivity index (χ0) is 13.1. The zero-order valence-electron chi connectivity index (χ0n) is 10.2. The number of aryl methyl sites for hydroxylation is 1. The van der Waals surface area contributed by atoms with Gasteiger partial charge in [0, 0.05) is 12.1 Å². The molecular formula is C10H18N2O4S.